The fraction of sp³-hybridized carbons (Fsp3) is 0. The topological polar surface area (TPSA) is 0 Å². The third kappa shape index (κ3) is 8.89. The maximum absolute atomic E-state index is 0. The summed E-state index contributed by atoms with van der Waals surface area (Å²) in [5, 5.41) is 0. The van der Waals surface area contributed by atoms with E-state index in [9.17, 15) is 0 Å². The quantitative estimate of drug-likeness (QED) is 0.439. The van der Waals surface area contributed by atoms with Gasteiger partial charge >= 0.3 is 60.8 Å². The number of hydrogen-bond acceptors (Lipinski definition) is 0. The molecule has 0 aliphatic rings. The van der Waals surface area contributed by atoms with Crippen LogP contribution in [0.3, 0.4) is 0 Å². The summed E-state index contributed by atoms with van der Waals surface area (Å²) in [5.74, 6) is 0. The van der Waals surface area contributed by atoms with E-state index in [0.717, 1.165) is 0 Å². The monoisotopic (exact) mass is 166 g/mol. The molecule has 0 aliphatic carbocycles. The van der Waals surface area contributed by atoms with Crippen molar-refractivity contribution in [1.29, 1.82) is 0 Å². The molecular weight excluding hydrogens is 162 g/mol. The van der Waals surface area contributed by atoms with Gasteiger partial charge in [-0.2, -0.15) is 13.5 Å². The molecule has 0 amide bonds. The Morgan fingerprint density at radius 3 is 1.25 bits per heavy atom. The second-order valence-corrected chi connectivity index (χ2v) is 0. The third-order valence-corrected chi connectivity index (χ3v) is 0. The van der Waals surface area contributed by atoms with Gasteiger partial charge in [-0.25, -0.2) is 0 Å². The Morgan fingerprint density at radius 2 is 1.25 bits per heavy atom. The summed E-state index contributed by atoms with van der Waals surface area (Å²) in [6.45, 7) is 0. The van der Waals surface area contributed by atoms with E-state index < -0.39 is 0 Å². The van der Waals surface area contributed by atoms with Gasteiger partial charge in [0.15, 0.2) is 0 Å². The Bertz CT molecular complexity index is 16.0. The zero-order valence-corrected chi connectivity index (χ0v) is 10.2. The molecule has 0 saturated heterocycles. The molecule has 18 valence electrons. The minimum atomic E-state index is 0. The standard InChI is InChI=1S/Ca.Mg.H2S.Zn.4H/h;;1H2;;;;;/q2*+2;;;4*-1. The van der Waals surface area contributed by atoms with Crippen LogP contribution in [0.4, 0.5) is 0 Å². The van der Waals surface area contributed by atoms with Gasteiger partial charge in [0.05, 0.1) is 0 Å². The van der Waals surface area contributed by atoms with Crippen LogP contribution in [0.15, 0.2) is 0 Å². The van der Waals surface area contributed by atoms with E-state index in [4.69, 9.17) is 0 Å². The first kappa shape index (κ1) is 28.0. The summed E-state index contributed by atoms with van der Waals surface area (Å²) in [5.41, 5.74) is 0. The van der Waals surface area contributed by atoms with E-state index in [1.54, 1.807) is 0 Å². The molecule has 0 aliphatic heterocycles. The SMILES string of the molecule is S.[Ca+2].[H-].[H-].[H-].[H-].[Mg+2].[Zn]. The molecule has 0 unspecified atom stereocenters. The summed E-state index contributed by atoms with van der Waals surface area (Å²) >= 11 is 0. The Balaban J connectivity index is 0. The summed E-state index contributed by atoms with van der Waals surface area (Å²) in [7, 11) is 0. The van der Waals surface area contributed by atoms with E-state index in [0.29, 0.717) is 0 Å². The van der Waals surface area contributed by atoms with Crippen LogP contribution in [0.5, 0.6) is 0 Å². The van der Waals surface area contributed by atoms with Crippen LogP contribution in [0, 0.1) is 0 Å². The summed E-state index contributed by atoms with van der Waals surface area (Å²) in [4.78, 5) is 0. The van der Waals surface area contributed by atoms with Crippen LogP contribution >= 0.6 is 13.5 Å². The molecule has 0 nitrogen and oxygen atoms in total. The van der Waals surface area contributed by atoms with Crippen LogP contribution < -0.4 is 0 Å². The number of rotatable bonds is 0. The first-order chi connectivity index (χ1) is 0. The smallest absolute Gasteiger partial charge is 1.00 e. The maximum Gasteiger partial charge on any atom is 2.00 e. The summed E-state index contributed by atoms with van der Waals surface area (Å²) in [6, 6.07) is 0. The normalized spacial score (nSPS) is 0. The summed E-state index contributed by atoms with van der Waals surface area (Å²) < 4.78 is 0. The molecule has 4 heavy (non-hydrogen) atoms. The second-order valence-electron chi connectivity index (χ2n) is 0. The van der Waals surface area contributed by atoms with Gasteiger partial charge in [0.1, 0.15) is 0 Å². The van der Waals surface area contributed by atoms with Crippen LogP contribution in [-0.4, -0.2) is 60.8 Å². The molecule has 0 aromatic rings. The van der Waals surface area contributed by atoms with Crippen LogP contribution in [0.25, 0.3) is 0 Å². The van der Waals surface area contributed by atoms with Gasteiger partial charge in [0.25, 0.3) is 0 Å². The van der Waals surface area contributed by atoms with Crippen molar-refractivity contribution in [3.63, 3.8) is 0 Å². The second kappa shape index (κ2) is 16.7. The first-order valence-corrected chi connectivity index (χ1v) is 0. The van der Waals surface area contributed by atoms with E-state index in [-0.39, 0.29) is 99.5 Å². The third-order valence-electron chi connectivity index (χ3n) is 0. The van der Waals surface area contributed by atoms with Gasteiger partial charge in [0.2, 0.25) is 0 Å². The molecule has 0 atom stereocenters. The van der Waals surface area contributed by atoms with Crippen molar-refractivity contribution in [2.75, 3.05) is 0 Å². The molecule has 0 rings (SSSR count). The largest absolute Gasteiger partial charge is 2.00 e. The van der Waals surface area contributed by atoms with Crippen molar-refractivity contribution < 1.29 is 25.2 Å². The van der Waals surface area contributed by atoms with Gasteiger partial charge < -0.3 is 5.71 Å². The van der Waals surface area contributed by atoms with Crippen molar-refractivity contribution in [2.45, 2.75) is 0 Å². The van der Waals surface area contributed by atoms with E-state index in [1.165, 1.54) is 0 Å². The molecule has 4 heteroatoms. The Morgan fingerprint density at radius 1 is 1.25 bits per heavy atom. The summed E-state index contributed by atoms with van der Waals surface area (Å²) in [6.07, 6.45) is 0. The fourth-order valence-corrected chi connectivity index (χ4v) is 0. The van der Waals surface area contributed by atoms with Gasteiger partial charge in [-0.3, -0.25) is 0 Å². The van der Waals surface area contributed by atoms with Crippen molar-refractivity contribution in [1.82, 2.24) is 0 Å². The van der Waals surface area contributed by atoms with E-state index in [2.05, 4.69) is 0 Å². The van der Waals surface area contributed by atoms with E-state index >= 15 is 0 Å². The van der Waals surface area contributed by atoms with Crippen molar-refractivity contribution in [2.24, 2.45) is 0 Å². The zero-order chi connectivity index (χ0) is 0. The Labute approximate surface area is 97.8 Å². The molecule has 0 heterocycles. The van der Waals surface area contributed by atoms with Crippen LogP contribution in [0.2, 0.25) is 0 Å². The molecule has 0 N–H and O–H groups in total. The molecule has 0 spiro atoms. The molecule has 0 bridgehead atoms. The molecule has 0 radical (unpaired) electrons. The predicted molar refractivity (Wildman–Crippen MR) is 26.3 cm³/mol. The van der Waals surface area contributed by atoms with Gasteiger partial charge in [-0.05, 0) is 0 Å². The van der Waals surface area contributed by atoms with Crippen molar-refractivity contribution in [3.05, 3.63) is 0 Å². The Hall–Kier alpha value is 3.00. The minimum Gasteiger partial charge on any atom is -1.00 e. The fourth-order valence-electron chi connectivity index (χ4n) is 0. The maximum atomic E-state index is 0. The van der Waals surface area contributed by atoms with Gasteiger partial charge in [-0.15, -0.1) is 0 Å². The molecule has 0 aromatic heterocycles. The average Bonchev–Trinajstić information content (AvgIpc) is 0. The van der Waals surface area contributed by atoms with Gasteiger partial charge in [0, 0.05) is 19.5 Å². The Kier molecular flexibility index (Phi) is 117. The molecule has 0 aromatic carbocycles. The predicted octanol–water partition coefficient (Wildman–Crippen LogP) is -0.201. The molecule has 0 saturated carbocycles. The molecule has 0 fully saturated rings. The van der Waals surface area contributed by atoms with Gasteiger partial charge in [-0.1, -0.05) is 0 Å². The first-order valence-electron chi connectivity index (χ1n) is 0. The van der Waals surface area contributed by atoms with Crippen LogP contribution in [-0.2, 0) is 19.5 Å². The van der Waals surface area contributed by atoms with E-state index in [1.807, 2.05) is 0 Å². The zero-order valence-electron chi connectivity index (χ0n) is 6.62. The van der Waals surface area contributed by atoms with Crippen molar-refractivity contribution >= 4 is 74.3 Å². The minimum absolute atomic E-state index is 0. The van der Waals surface area contributed by atoms with Crippen LogP contribution in [0.1, 0.15) is 5.71 Å². The van der Waals surface area contributed by atoms with Crippen molar-refractivity contribution in [3.8, 4) is 0 Å². The number of hydrogen-bond donors (Lipinski definition) is 0. The molecular formula is H6CaMgSZn. The average molecular weight is 168 g/mol.